The van der Waals surface area contributed by atoms with Crippen LogP contribution >= 0.6 is 0 Å². The lowest BCUT2D eigenvalue weighted by atomic mass is 9.82. The molecule has 1 atom stereocenters. The number of carboxylic acid groups (broad SMARTS) is 1. The van der Waals surface area contributed by atoms with Crippen molar-refractivity contribution in [2.75, 3.05) is 26.9 Å². The summed E-state index contributed by atoms with van der Waals surface area (Å²) in [5.41, 5.74) is -0.397. The van der Waals surface area contributed by atoms with E-state index in [-0.39, 0.29) is 12.5 Å². The van der Waals surface area contributed by atoms with E-state index in [0.29, 0.717) is 19.6 Å². The highest BCUT2D eigenvalue weighted by molar-refractivity contribution is 5.83. The molecule has 1 saturated carbocycles. The fourth-order valence-corrected chi connectivity index (χ4v) is 2.70. The number of rotatable bonds is 9. The van der Waals surface area contributed by atoms with Crippen LogP contribution in [-0.2, 0) is 19.1 Å². The van der Waals surface area contributed by atoms with Crippen LogP contribution in [0.3, 0.4) is 0 Å². The van der Waals surface area contributed by atoms with Crippen molar-refractivity contribution in [2.24, 2.45) is 5.41 Å². The topological polar surface area (TPSA) is 84.9 Å². The number of nitrogens with one attached hydrogen (secondary N) is 1. The minimum absolute atomic E-state index is 0.00104. The predicted octanol–water partition coefficient (Wildman–Crippen LogP) is 1.19. The third-order valence-electron chi connectivity index (χ3n) is 3.98. The molecule has 1 aliphatic rings. The molecule has 0 aromatic carbocycles. The van der Waals surface area contributed by atoms with Crippen LogP contribution < -0.4 is 5.32 Å². The molecule has 116 valence electrons. The fourth-order valence-electron chi connectivity index (χ4n) is 2.70. The van der Waals surface area contributed by atoms with E-state index in [1.165, 1.54) is 7.11 Å². The highest BCUT2D eigenvalue weighted by Crippen LogP contribution is 2.41. The van der Waals surface area contributed by atoms with E-state index < -0.39 is 17.5 Å². The molecule has 6 heteroatoms. The largest absolute Gasteiger partial charge is 0.479 e. The fraction of sp³-hybridized carbons (Fsp3) is 0.857. The molecule has 1 unspecified atom stereocenters. The van der Waals surface area contributed by atoms with E-state index in [9.17, 15) is 9.59 Å². The van der Waals surface area contributed by atoms with Crippen molar-refractivity contribution < 1.29 is 24.2 Å². The van der Waals surface area contributed by atoms with Crippen LogP contribution in [0, 0.1) is 5.41 Å². The van der Waals surface area contributed by atoms with E-state index in [1.54, 1.807) is 0 Å². The van der Waals surface area contributed by atoms with Gasteiger partial charge in [-0.3, -0.25) is 4.79 Å². The van der Waals surface area contributed by atoms with Crippen molar-refractivity contribution in [3.8, 4) is 0 Å². The van der Waals surface area contributed by atoms with Crippen LogP contribution in [0.15, 0.2) is 0 Å². The maximum absolute atomic E-state index is 12.4. The minimum Gasteiger partial charge on any atom is -0.479 e. The average molecular weight is 287 g/mol. The van der Waals surface area contributed by atoms with Crippen molar-refractivity contribution in [3.63, 3.8) is 0 Å². The number of carbonyl (C=O) groups is 2. The summed E-state index contributed by atoms with van der Waals surface area (Å²) >= 11 is 0. The molecule has 0 spiro atoms. The van der Waals surface area contributed by atoms with Crippen molar-refractivity contribution in [2.45, 2.75) is 45.1 Å². The molecule has 1 amide bonds. The lowest BCUT2D eigenvalue weighted by molar-refractivity contribution is -0.148. The van der Waals surface area contributed by atoms with Gasteiger partial charge in [-0.1, -0.05) is 12.8 Å². The number of hydrogen-bond donors (Lipinski definition) is 2. The number of amides is 1. The highest BCUT2D eigenvalue weighted by Gasteiger charge is 2.40. The van der Waals surface area contributed by atoms with Gasteiger partial charge in [0, 0.05) is 20.3 Å². The van der Waals surface area contributed by atoms with Gasteiger partial charge in [-0.2, -0.15) is 0 Å². The van der Waals surface area contributed by atoms with Crippen molar-refractivity contribution in [1.29, 1.82) is 0 Å². The number of carbonyl (C=O) groups excluding carboxylic acids is 1. The van der Waals surface area contributed by atoms with Gasteiger partial charge in [-0.05, 0) is 26.2 Å². The molecule has 0 saturated heterocycles. The third kappa shape index (κ3) is 4.45. The lowest BCUT2D eigenvalue weighted by Crippen LogP contribution is -2.45. The zero-order chi connectivity index (χ0) is 15.0. The Labute approximate surface area is 119 Å². The summed E-state index contributed by atoms with van der Waals surface area (Å²) in [6.07, 6.45) is 3.45. The Kier molecular flexibility index (Phi) is 6.95. The molecule has 6 nitrogen and oxygen atoms in total. The van der Waals surface area contributed by atoms with E-state index in [1.807, 2.05) is 6.92 Å². The van der Waals surface area contributed by atoms with Crippen LogP contribution in [-0.4, -0.2) is 50.0 Å². The molecule has 1 aliphatic carbocycles. The van der Waals surface area contributed by atoms with Gasteiger partial charge in [0.15, 0.2) is 6.10 Å². The Hall–Kier alpha value is -1.14. The van der Waals surface area contributed by atoms with E-state index in [0.717, 1.165) is 25.7 Å². The third-order valence-corrected chi connectivity index (χ3v) is 3.98. The van der Waals surface area contributed by atoms with Gasteiger partial charge in [-0.25, -0.2) is 4.79 Å². The summed E-state index contributed by atoms with van der Waals surface area (Å²) in [5.74, 6) is -1.14. The molecule has 0 aromatic rings. The molecule has 2 N–H and O–H groups in total. The average Bonchev–Trinajstić information content (AvgIpc) is 2.89. The van der Waals surface area contributed by atoms with Crippen LogP contribution in [0.1, 0.15) is 39.0 Å². The lowest BCUT2D eigenvalue weighted by Gasteiger charge is -2.28. The van der Waals surface area contributed by atoms with E-state index >= 15 is 0 Å². The second-order valence-electron chi connectivity index (χ2n) is 5.21. The Morgan fingerprint density at radius 2 is 2.00 bits per heavy atom. The number of ether oxygens (including phenoxy) is 2. The SMILES string of the molecule is CCOCCC1(C(=O)NCC(OC)C(=O)O)CCCC1. The number of carboxylic acids is 1. The zero-order valence-electron chi connectivity index (χ0n) is 12.3. The van der Waals surface area contributed by atoms with Crippen LogP contribution in [0.4, 0.5) is 0 Å². The standard InChI is InChI=1S/C14H25NO5/c1-3-20-9-8-14(6-4-5-7-14)13(18)15-10-11(19-2)12(16)17/h11H,3-10H2,1-2H3,(H,15,18)(H,16,17). The van der Waals surface area contributed by atoms with Crippen molar-refractivity contribution >= 4 is 11.9 Å². The van der Waals surface area contributed by atoms with Gasteiger partial charge in [0.2, 0.25) is 5.91 Å². The quantitative estimate of drug-likeness (QED) is 0.622. The Morgan fingerprint density at radius 3 is 2.50 bits per heavy atom. The first-order chi connectivity index (χ1) is 9.55. The predicted molar refractivity (Wildman–Crippen MR) is 73.5 cm³/mol. The first-order valence-electron chi connectivity index (χ1n) is 7.17. The number of aliphatic carboxylic acids is 1. The Bertz CT molecular complexity index is 326. The van der Waals surface area contributed by atoms with Gasteiger partial charge in [-0.15, -0.1) is 0 Å². The number of hydrogen-bond acceptors (Lipinski definition) is 4. The molecule has 1 fully saturated rings. The first-order valence-corrected chi connectivity index (χ1v) is 7.17. The van der Waals surface area contributed by atoms with Crippen LogP contribution in [0.25, 0.3) is 0 Å². The summed E-state index contributed by atoms with van der Waals surface area (Å²) in [7, 11) is 1.32. The van der Waals surface area contributed by atoms with E-state index in [2.05, 4.69) is 5.32 Å². The van der Waals surface area contributed by atoms with Gasteiger partial charge < -0.3 is 19.9 Å². The Morgan fingerprint density at radius 1 is 1.35 bits per heavy atom. The first kappa shape index (κ1) is 16.9. The molecular weight excluding hydrogens is 262 g/mol. The normalized spacial score (nSPS) is 18.7. The second-order valence-corrected chi connectivity index (χ2v) is 5.21. The summed E-state index contributed by atoms with van der Waals surface area (Å²) in [6.45, 7) is 3.14. The van der Waals surface area contributed by atoms with Crippen molar-refractivity contribution in [3.05, 3.63) is 0 Å². The minimum atomic E-state index is -1.07. The Balaban J connectivity index is 2.53. The summed E-state index contributed by atoms with van der Waals surface area (Å²) < 4.78 is 10.2. The summed E-state index contributed by atoms with van der Waals surface area (Å²) in [4.78, 5) is 23.2. The summed E-state index contributed by atoms with van der Waals surface area (Å²) in [5, 5.41) is 11.6. The smallest absolute Gasteiger partial charge is 0.334 e. The van der Waals surface area contributed by atoms with Gasteiger partial charge >= 0.3 is 5.97 Å². The molecule has 1 rings (SSSR count). The molecule has 0 bridgehead atoms. The monoisotopic (exact) mass is 287 g/mol. The maximum Gasteiger partial charge on any atom is 0.334 e. The van der Waals surface area contributed by atoms with Gasteiger partial charge in [0.25, 0.3) is 0 Å². The zero-order valence-corrected chi connectivity index (χ0v) is 12.3. The van der Waals surface area contributed by atoms with Gasteiger partial charge in [0.1, 0.15) is 0 Å². The number of methoxy groups -OCH3 is 1. The van der Waals surface area contributed by atoms with Crippen molar-refractivity contribution in [1.82, 2.24) is 5.32 Å². The summed E-state index contributed by atoms with van der Waals surface area (Å²) in [6, 6.07) is 0. The molecule has 0 radical (unpaired) electrons. The van der Waals surface area contributed by atoms with Crippen LogP contribution in [0.5, 0.6) is 0 Å². The molecule has 0 aliphatic heterocycles. The van der Waals surface area contributed by atoms with E-state index in [4.69, 9.17) is 14.6 Å². The highest BCUT2D eigenvalue weighted by atomic mass is 16.5. The molecular formula is C14H25NO5. The van der Waals surface area contributed by atoms with Crippen LogP contribution in [0.2, 0.25) is 0 Å². The second kappa shape index (κ2) is 8.21. The molecule has 0 aromatic heterocycles. The molecule has 0 heterocycles. The molecule has 20 heavy (non-hydrogen) atoms. The van der Waals surface area contributed by atoms with Gasteiger partial charge in [0.05, 0.1) is 12.0 Å². The maximum atomic E-state index is 12.4.